The van der Waals surface area contributed by atoms with Crippen molar-refractivity contribution in [2.75, 3.05) is 33.3 Å². The molecule has 1 atom stereocenters. The molecule has 1 fully saturated rings. The van der Waals surface area contributed by atoms with E-state index in [1.807, 2.05) is 19.9 Å². The summed E-state index contributed by atoms with van der Waals surface area (Å²) in [4.78, 5) is 39.2. The van der Waals surface area contributed by atoms with Gasteiger partial charge in [0.05, 0.1) is 12.5 Å². The Morgan fingerprint density at radius 3 is 2.75 bits per heavy atom. The zero-order valence-electron chi connectivity index (χ0n) is 16.7. The van der Waals surface area contributed by atoms with Crippen LogP contribution in [0, 0.1) is 5.92 Å². The van der Waals surface area contributed by atoms with Gasteiger partial charge in [-0.25, -0.2) is 0 Å². The van der Waals surface area contributed by atoms with Crippen LogP contribution >= 0.6 is 0 Å². The largest absolute Gasteiger partial charge is 0.490 e. The van der Waals surface area contributed by atoms with E-state index in [2.05, 4.69) is 0 Å². The van der Waals surface area contributed by atoms with Gasteiger partial charge in [-0.3, -0.25) is 14.4 Å². The molecule has 2 rings (SSSR count). The van der Waals surface area contributed by atoms with E-state index in [1.165, 1.54) is 9.80 Å². The first kappa shape index (κ1) is 21.5. The summed E-state index contributed by atoms with van der Waals surface area (Å²) in [5.41, 5.74) is 1.58. The Balaban J connectivity index is 1.95. The molecule has 1 unspecified atom stereocenters. The van der Waals surface area contributed by atoms with Crippen LogP contribution in [0.2, 0.25) is 0 Å². The molecule has 1 aliphatic rings. The Morgan fingerprint density at radius 1 is 1.32 bits per heavy atom. The van der Waals surface area contributed by atoms with Gasteiger partial charge in [0, 0.05) is 25.7 Å². The number of amides is 2. The molecule has 0 saturated carbocycles. The topological polar surface area (TPSA) is 87.2 Å². The summed E-state index contributed by atoms with van der Waals surface area (Å²) in [6.45, 7) is 5.02. The molecule has 0 aliphatic carbocycles. The molecule has 7 heteroatoms. The summed E-state index contributed by atoms with van der Waals surface area (Å²) in [6, 6.07) is 6.85. The van der Waals surface area contributed by atoms with E-state index in [1.54, 1.807) is 31.3 Å². The van der Waals surface area contributed by atoms with Crippen LogP contribution in [0.5, 0.6) is 5.75 Å². The van der Waals surface area contributed by atoms with Crippen molar-refractivity contribution < 1.29 is 24.2 Å². The van der Waals surface area contributed by atoms with Crippen molar-refractivity contribution in [3.8, 4) is 5.75 Å². The third kappa shape index (κ3) is 6.11. The van der Waals surface area contributed by atoms with E-state index in [4.69, 9.17) is 9.84 Å². The predicted octanol–water partition coefficient (Wildman–Crippen LogP) is 2.43. The third-order valence-electron chi connectivity index (χ3n) is 4.67. The van der Waals surface area contributed by atoms with Crippen LogP contribution in [-0.4, -0.2) is 66.0 Å². The van der Waals surface area contributed by atoms with Crippen molar-refractivity contribution >= 4 is 17.8 Å². The van der Waals surface area contributed by atoms with Crippen LogP contribution in [0.1, 0.15) is 37.0 Å². The van der Waals surface area contributed by atoms with Crippen LogP contribution in [0.25, 0.3) is 0 Å². The highest BCUT2D eigenvalue weighted by Crippen LogP contribution is 2.18. The van der Waals surface area contributed by atoms with Gasteiger partial charge in [-0.2, -0.15) is 0 Å². The first-order chi connectivity index (χ1) is 13.3. The number of carbonyl (C=O) groups excluding carboxylic acids is 2. The first-order valence-electron chi connectivity index (χ1n) is 9.40. The molecule has 1 saturated heterocycles. The molecule has 0 bridgehead atoms. The number of rotatable bonds is 7. The zero-order chi connectivity index (χ0) is 20.7. The summed E-state index contributed by atoms with van der Waals surface area (Å²) in [7, 11) is 1.57. The third-order valence-corrected chi connectivity index (χ3v) is 4.67. The Kier molecular flexibility index (Phi) is 7.61. The van der Waals surface area contributed by atoms with E-state index in [0.717, 1.165) is 5.57 Å². The van der Waals surface area contributed by atoms with E-state index < -0.39 is 11.9 Å². The van der Waals surface area contributed by atoms with Gasteiger partial charge < -0.3 is 19.6 Å². The fourth-order valence-electron chi connectivity index (χ4n) is 3.02. The minimum Gasteiger partial charge on any atom is -0.490 e. The van der Waals surface area contributed by atoms with Crippen molar-refractivity contribution in [3.63, 3.8) is 0 Å². The van der Waals surface area contributed by atoms with E-state index in [9.17, 15) is 14.4 Å². The van der Waals surface area contributed by atoms with Gasteiger partial charge in [0.25, 0.3) is 5.91 Å². The number of carbonyl (C=O) groups is 3. The molecule has 1 aromatic rings. The van der Waals surface area contributed by atoms with Crippen LogP contribution in [0.15, 0.2) is 35.9 Å². The number of likely N-dealkylation sites (N-methyl/N-ethyl adjacent to an activating group) is 1. The highest BCUT2D eigenvalue weighted by atomic mass is 16.5. The normalized spacial score (nSPS) is 16.2. The Bertz CT molecular complexity index is 755. The van der Waals surface area contributed by atoms with E-state index in [-0.39, 0.29) is 24.9 Å². The minimum atomic E-state index is -0.883. The lowest BCUT2D eigenvalue weighted by molar-refractivity contribution is -0.145. The van der Waals surface area contributed by atoms with Gasteiger partial charge >= 0.3 is 5.97 Å². The highest BCUT2D eigenvalue weighted by molar-refractivity contribution is 5.96. The van der Waals surface area contributed by atoms with Crippen molar-refractivity contribution in [2.24, 2.45) is 5.92 Å². The molecule has 1 aliphatic heterocycles. The van der Waals surface area contributed by atoms with Gasteiger partial charge in [0.2, 0.25) is 5.91 Å². The van der Waals surface area contributed by atoms with Crippen molar-refractivity contribution in [1.82, 2.24) is 9.80 Å². The molecule has 1 N–H and O–H groups in total. The SMILES string of the molecule is CC(C)=CCOc1cccc(C(=O)N(C)CC(=O)N2CCCC(C(=O)O)C2)c1. The second kappa shape index (κ2) is 9.92. The van der Waals surface area contributed by atoms with Gasteiger partial charge in [0.1, 0.15) is 12.4 Å². The molecule has 28 heavy (non-hydrogen) atoms. The molecule has 0 spiro atoms. The predicted molar refractivity (Wildman–Crippen MR) is 105 cm³/mol. The zero-order valence-corrected chi connectivity index (χ0v) is 16.7. The Morgan fingerprint density at radius 2 is 2.07 bits per heavy atom. The maximum atomic E-state index is 12.7. The number of likely N-dealkylation sites (tertiary alicyclic amines) is 1. The second-order valence-electron chi connectivity index (χ2n) is 7.30. The van der Waals surface area contributed by atoms with Crippen LogP contribution in [0.3, 0.4) is 0 Å². The highest BCUT2D eigenvalue weighted by Gasteiger charge is 2.29. The lowest BCUT2D eigenvalue weighted by Gasteiger charge is -2.32. The summed E-state index contributed by atoms with van der Waals surface area (Å²) in [5.74, 6) is -1.35. The molecular formula is C21H28N2O5. The fraction of sp³-hybridized carbons (Fsp3) is 0.476. The molecule has 2 amide bonds. The molecular weight excluding hydrogens is 360 g/mol. The van der Waals surface area contributed by atoms with Crippen LogP contribution < -0.4 is 4.74 Å². The van der Waals surface area contributed by atoms with Gasteiger partial charge in [0.15, 0.2) is 0 Å². The molecule has 7 nitrogen and oxygen atoms in total. The summed E-state index contributed by atoms with van der Waals surface area (Å²) >= 11 is 0. The number of hydrogen-bond acceptors (Lipinski definition) is 4. The van der Waals surface area contributed by atoms with Crippen molar-refractivity contribution in [1.29, 1.82) is 0 Å². The van der Waals surface area contributed by atoms with Crippen LogP contribution in [-0.2, 0) is 9.59 Å². The quantitative estimate of drug-likeness (QED) is 0.725. The summed E-state index contributed by atoms with van der Waals surface area (Å²) < 4.78 is 5.62. The second-order valence-corrected chi connectivity index (χ2v) is 7.30. The number of hydrogen-bond donors (Lipinski definition) is 1. The molecule has 0 aromatic heterocycles. The standard InChI is InChI=1S/C21H28N2O5/c1-15(2)9-11-28-18-8-4-6-16(12-18)20(25)22(3)14-19(24)23-10-5-7-17(13-23)21(26)27/h4,6,8-9,12,17H,5,7,10-11,13-14H2,1-3H3,(H,26,27). The fourth-order valence-corrected chi connectivity index (χ4v) is 3.02. The van der Waals surface area contributed by atoms with Crippen molar-refractivity contribution in [2.45, 2.75) is 26.7 Å². The molecule has 0 radical (unpaired) electrons. The van der Waals surface area contributed by atoms with Gasteiger partial charge in [-0.05, 0) is 51.0 Å². The summed E-state index contributed by atoms with van der Waals surface area (Å²) in [6.07, 6.45) is 3.18. The maximum absolute atomic E-state index is 12.7. The van der Waals surface area contributed by atoms with Gasteiger partial charge in [-0.1, -0.05) is 11.6 Å². The first-order valence-corrected chi connectivity index (χ1v) is 9.40. The number of allylic oxidation sites excluding steroid dienone is 1. The number of carboxylic acid groups (broad SMARTS) is 1. The van der Waals surface area contributed by atoms with Crippen molar-refractivity contribution in [3.05, 3.63) is 41.5 Å². The number of aliphatic carboxylic acids is 1. The Hall–Kier alpha value is -2.83. The molecule has 1 heterocycles. The molecule has 152 valence electrons. The Labute approximate surface area is 165 Å². The number of benzene rings is 1. The van der Waals surface area contributed by atoms with Crippen LogP contribution in [0.4, 0.5) is 0 Å². The maximum Gasteiger partial charge on any atom is 0.308 e. The molecule has 1 aromatic carbocycles. The number of nitrogens with zero attached hydrogens (tertiary/aromatic N) is 2. The number of ether oxygens (including phenoxy) is 1. The van der Waals surface area contributed by atoms with E-state index >= 15 is 0 Å². The monoisotopic (exact) mass is 388 g/mol. The number of piperidine rings is 1. The smallest absolute Gasteiger partial charge is 0.308 e. The summed E-state index contributed by atoms with van der Waals surface area (Å²) in [5, 5.41) is 9.16. The lowest BCUT2D eigenvalue weighted by atomic mass is 9.98. The average Bonchev–Trinajstić information content (AvgIpc) is 2.67. The number of carboxylic acids is 1. The van der Waals surface area contributed by atoms with Gasteiger partial charge in [-0.15, -0.1) is 0 Å². The average molecular weight is 388 g/mol. The lowest BCUT2D eigenvalue weighted by Crippen LogP contribution is -2.46. The minimum absolute atomic E-state index is 0.0893. The van der Waals surface area contributed by atoms with E-state index in [0.29, 0.717) is 37.3 Å².